The van der Waals surface area contributed by atoms with Crippen molar-refractivity contribution >= 4 is 17.6 Å². The predicted octanol–water partition coefficient (Wildman–Crippen LogP) is -1.59. The summed E-state index contributed by atoms with van der Waals surface area (Å²) < 4.78 is 15.9. The van der Waals surface area contributed by atoms with Gasteiger partial charge < -0.3 is 41.0 Å². The highest BCUT2D eigenvalue weighted by molar-refractivity contribution is 5.90. The Balaban J connectivity index is 4.27. The van der Waals surface area contributed by atoms with Crippen molar-refractivity contribution in [1.82, 2.24) is 10.2 Å². The lowest BCUT2D eigenvalue weighted by Gasteiger charge is -2.22. The maximum atomic E-state index is 12.5. The fourth-order valence-corrected chi connectivity index (χ4v) is 2.40. The van der Waals surface area contributed by atoms with E-state index < -0.39 is 11.9 Å². The van der Waals surface area contributed by atoms with Crippen molar-refractivity contribution in [2.75, 3.05) is 72.4 Å². The van der Waals surface area contributed by atoms with E-state index in [0.717, 1.165) is 12.8 Å². The van der Waals surface area contributed by atoms with Gasteiger partial charge in [-0.3, -0.25) is 14.4 Å². The summed E-state index contributed by atoms with van der Waals surface area (Å²) in [4.78, 5) is 37.6. The monoisotopic (exact) mass is 448 g/mol. The predicted molar refractivity (Wildman–Crippen MR) is 115 cm³/mol. The third kappa shape index (κ3) is 17.7. The van der Waals surface area contributed by atoms with Crippen LogP contribution in [0, 0.1) is 0 Å². The molecule has 0 aromatic carbocycles. The van der Waals surface area contributed by atoms with Gasteiger partial charge in [0.1, 0.15) is 0 Å². The van der Waals surface area contributed by atoms with E-state index in [2.05, 4.69) is 5.32 Å². The van der Waals surface area contributed by atoms with Crippen molar-refractivity contribution in [2.45, 2.75) is 38.6 Å². The van der Waals surface area contributed by atoms with Gasteiger partial charge in [-0.1, -0.05) is 6.42 Å². The summed E-state index contributed by atoms with van der Waals surface area (Å²) in [6.07, 6.45) is 2.72. The maximum absolute atomic E-state index is 12.5. The van der Waals surface area contributed by atoms with Crippen molar-refractivity contribution in [1.29, 1.82) is 0 Å². The molecule has 0 saturated carbocycles. The number of Topliss-reactive ketones (excluding diaryl/α,β-unsaturated/α-hetero) is 1. The minimum absolute atomic E-state index is 0.0220. The number of ketones is 1. The average molecular weight is 449 g/mol. The van der Waals surface area contributed by atoms with Gasteiger partial charge in [-0.05, 0) is 26.3 Å². The van der Waals surface area contributed by atoms with E-state index in [1.54, 1.807) is 6.92 Å². The molecule has 0 aromatic rings. The minimum atomic E-state index is -0.655. The van der Waals surface area contributed by atoms with Gasteiger partial charge in [-0.2, -0.15) is 0 Å². The smallest absolute Gasteiger partial charge is 0.239 e. The van der Waals surface area contributed by atoms with Crippen LogP contribution in [0.25, 0.3) is 0 Å². The highest BCUT2D eigenvalue weighted by atomic mass is 16.5. The minimum Gasteiger partial charge on any atom is -0.394 e. The van der Waals surface area contributed by atoms with Gasteiger partial charge in [-0.15, -0.1) is 0 Å². The number of amides is 2. The SMILES string of the molecule is CC(N)C(=O)CNC(=O)CN(CCOCCOCCOCCO)C(=O)CCCCCN. The quantitative estimate of drug-likeness (QED) is 0.151. The molecule has 0 aromatic heterocycles. The molecule has 0 saturated heterocycles. The first-order valence-electron chi connectivity index (χ1n) is 10.8. The lowest BCUT2D eigenvalue weighted by molar-refractivity contribution is -0.137. The Bertz CT molecular complexity index is 492. The molecular weight excluding hydrogens is 408 g/mol. The molecule has 1 atom stereocenters. The Hall–Kier alpha value is -1.63. The second kappa shape index (κ2) is 20.3. The molecule has 0 rings (SSSR count). The standard InChI is InChI=1S/C20H40N4O7/c1-17(22)18(26)15-23-19(27)16-24(20(28)5-3-2-4-6-21)7-9-29-11-13-31-14-12-30-10-8-25/h17,25H,2-16,21-22H2,1H3,(H,23,27). The summed E-state index contributed by atoms with van der Waals surface area (Å²) in [6, 6.07) is -0.655. The molecule has 182 valence electrons. The normalized spacial score (nSPS) is 11.9. The number of ether oxygens (including phenoxy) is 3. The Labute approximate surface area is 184 Å². The first-order chi connectivity index (χ1) is 14.9. The van der Waals surface area contributed by atoms with E-state index in [0.29, 0.717) is 45.8 Å². The van der Waals surface area contributed by atoms with E-state index in [9.17, 15) is 14.4 Å². The molecule has 0 radical (unpaired) electrons. The van der Waals surface area contributed by atoms with Gasteiger partial charge in [0, 0.05) is 13.0 Å². The molecule has 0 spiro atoms. The zero-order valence-corrected chi connectivity index (χ0v) is 18.7. The molecule has 0 aliphatic carbocycles. The number of nitrogens with zero attached hydrogens (tertiary/aromatic N) is 1. The number of aliphatic hydroxyl groups excluding tert-OH is 1. The molecule has 31 heavy (non-hydrogen) atoms. The van der Waals surface area contributed by atoms with Crippen molar-refractivity contribution in [2.24, 2.45) is 11.5 Å². The Kier molecular flexibility index (Phi) is 19.2. The second-order valence-electron chi connectivity index (χ2n) is 7.01. The van der Waals surface area contributed by atoms with E-state index >= 15 is 0 Å². The fourth-order valence-electron chi connectivity index (χ4n) is 2.40. The van der Waals surface area contributed by atoms with Gasteiger partial charge in [0.05, 0.1) is 65.4 Å². The Morgan fingerprint density at radius 2 is 1.58 bits per heavy atom. The molecule has 0 aliphatic heterocycles. The molecule has 0 heterocycles. The van der Waals surface area contributed by atoms with Crippen molar-refractivity contribution < 1.29 is 33.7 Å². The van der Waals surface area contributed by atoms with Crippen LogP contribution >= 0.6 is 0 Å². The number of hydrogen-bond acceptors (Lipinski definition) is 9. The Morgan fingerprint density at radius 1 is 0.968 bits per heavy atom. The number of carbonyl (C=O) groups excluding carboxylic acids is 3. The van der Waals surface area contributed by atoms with Gasteiger partial charge in [-0.25, -0.2) is 0 Å². The van der Waals surface area contributed by atoms with Crippen LogP contribution < -0.4 is 16.8 Å². The topological polar surface area (TPSA) is 166 Å². The summed E-state index contributed by atoms with van der Waals surface area (Å²) in [5.41, 5.74) is 10.9. The number of unbranched alkanes of at least 4 members (excludes halogenated alkanes) is 2. The first-order valence-corrected chi connectivity index (χ1v) is 10.8. The molecule has 11 nitrogen and oxygen atoms in total. The van der Waals surface area contributed by atoms with Gasteiger partial charge >= 0.3 is 0 Å². The van der Waals surface area contributed by atoms with Crippen molar-refractivity contribution in [3.63, 3.8) is 0 Å². The van der Waals surface area contributed by atoms with Crippen molar-refractivity contribution in [3.8, 4) is 0 Å². The number of nitrogens with two attached hydrogens (primary N) is 2. The number of carbonyl (C=O) groups is 3. The largest absolute Gasteiger partial charge is 0.394 e. The molecule has 11 heteroatoms. The average Bonchev–Trinajstić information content (AvgIpc) is 2.75. The molecule has 0 bridgehead atoms. The third-order valence-corrected chi connectivity index (χ3v) is 4.23. The summed E-state index contributed by atoms with van der Waals surface area (Å²) in [7, 11) is 0. The van der Waals surface area contributed by atoms with Crippen LogP contribution in [-0.2, 0) is 28.6 Å². The van der Waals surface area contributed by atoms with E-state index in [4.69, 9.17) is 30.8 Å². The third-order valence-electron chi connectivity index (χ3n) is 4.23. The summed E-state index contributed by atoms with van der Waals surface area (Å²) in [6.45, 7) is 4.10. The summed E-state index contributed by atoms with van der Waals surface area (Å²) in [5.74, 6) is -0.847. The maximum Gasteiger partial charge on any atom is 0.239 e. The van der Waals surface area contributed by atoms with Crippen molar-refractivity contribution in [3.05, 3.63) is 0 Å². The van der Waals surface area contributed by atoms with Crippen LogP contribution in [0.4, 0.5) is 0 Å². The number of nitrogens with one attached hydrogen (secondary N) is 1. The molecule has 2 amide bonds. The summed E-state index contributed by atoms with van der Waals surface area (Å²) in [5, 5.41) is 11.1. The lowest BCUT2D eigenvalue weighted by Crippen LogP contribution is -2.45. The van der Waals surface area contributed by atoms with Crippen LogP contribution in [0.3, 0.4) is 0 Å². The van der Waals surface area contributed by atoms with Crippen LogP contribution in [0.1, 0.15) is 32.6 Å². The van der Waals surface area contributed by atoms with E-state index in [1.165, 1.54) is 4.90 Å². The first kappa shape index (κ1) is 29.4. The number of aliphatic hydroxyl groups is 1. The molecule has 0 fully saturated rings. The molecular formula is C20H40N4O7. The van der Waals surface area contributed by atoms with Crippen LogP contribution in [0.15, 0.2) is 0 Å². The van der Waals surface area contributed by atoms with E-state index in [1.807, 2.05) is 0 Å². The van der Waals surface area contributed by atoms with Gasteiger partial charge in [0.25, 0.3) is 0 Å². The second-order valence-corrected chi connectivity index (χ2v) is 7.01. The van der Waals surface area contributed by atoms with Crippen LogP contribution in [0.5, 0.6) is 0 Å². The van der Waals surface area contributed by atoms with Gasteiger partial charge in [0.15, 0.2) is 5.78 Å². The highest BCUT2D eigenvalue weighted by Gasteiger charge is 2.18. The zero-order valence-electron chi connectivity index (χ0n) is 18.7. The molecule has 0 aliphatic rings. The number of rotatable bonds is 21. The lowest BCUT2D eigenvalue weighted by atomic mass is 10.2. The Morgan fingerprint density at radius 3 is 2.16 bits per heavy atom. The molecule has 6 N–H and O–H groups in total. The van der Waals surface area contributed by atoms with Crippen LogP contribution in [-0.4, -0.2) is 106 Å². The van der Waals surface area contributed by atoms with Crippen LogP contribution in [0.2, 0.25) is 0 Å². The fraction of sp³-hybridized carbons (Fsp3) is 0.850. The van der Waals surface area contributed by atoms with E-state index in [-0.39, 0.29) is 51.1 Å². The van der Waals surface area contributed by atoms with Gasteiger partial charge in [0.2, 0.25) is 11.8 Å². The summed E-state index contributed by atoms with van der Waals surface area (Å²) >= 11 is 0. The molecule has 1 unspecified atom stereocenters. The number of hydrogen-bond donors (Lipinski definition) is 4. The zero-order chi connectivity index (χ0) is 23.3. The highest BCUT2D eigenvalue weighted by Crippen LogP contribution is 2.03.